The minimum atomic E-state index is -0.156. The summed E-state index contributed by atoms with van der Waals surface area (Å²) in [5.41, 5.74) is 2.37. The molecule has 3 rings (SSSR count). The van der Waals surface area contributed by atoms with Crippen molar-refractivity contribution in [3.63, 3.8) is 0 Å². The summed E-state index contributed by atoms with van der Waals surface area (Å²) in [6, 6.07) is 7.57. The topological polar surface area (TPSA) is 74.0 Å². The van der Waals surface area contributed by atoms with E-state index >= 15 is 0 Å². The number of amides is 1. The van der Waals surface area contributed by atoms with Crippen LogP contribution in [0.25, 0.3) is 10.9 Å². The van der Waals surface area contributed by atoms with E-state index in [1.165, 1.54) is 0 Å². The van der Waals surface area contributed by atoms with Crippen molar-refractivity contribution in [2.45, 2.75) is 19.5 Å². The van der Waals surface area contributed by atoms with Gasteiger partial charge < -0.3 is 10.3 Å². The minimum absolute atomic E-state index is 0.0521. The first-order chi connectivity index (χ1) is 10.1. The van der Waals surface area contributed by atoms with Crippen LogP contribution < -0.4 is 16.2 Å². The van der Waals surface area contributed by atoms with Gasteiger partial charge in [-0.1, -0.05) is 11.6 Å². The van der Waals surface area contributed by atoms with Crippen LogP contribution in [0.1, 0.15) is 11.1 Å². The van der Waals surface area contributed by atoms with E-state index in [-0.39, 0.29) is 24.1 Å². The molecule has 6 heteroatoms. The number of aryl methyl sites for hydroxylation is 1. The Hall–Kier alpha value is -1.79. The molecule has 21 heavy (non-hydrogen) atoms. The van der Waals surface area contributed by atoms with Crippen molar-refractivity contribution in [2.24, 2.45) is 0 Å². The number of fused-ring (bicyclic) bond motifs is 1. The summed E-state index contributed by atoms with van der Waals surface area (Å²) in [6.45, 7) is 2.26. The molecule has 1 saturated heterocycles. The normalized spacial score (nSPS) is 18.0. The number of hydrogen-bond donors (Lipinski definition) is 3. The maximum atomic E-state index is 12.0. The van der Waals surface area contributed by atoms with Crippen LogP contribution in [0.15, 0.2) is 29.1 Å². The Morgan fingerprint density at radius 1 is 1.43 bits per heavy atom. The van der Waals surface area contributed by atoms with Crippen LogP contribution in [0, 0.1) is 6.92 Å². The van der Waals surface area contributed by atoms with Crippen molar-refractivity contribution in [2.75, 3.05) is 11.6 Å². The van der Waals surface area contributed by atoms with Crippen LogP contribution in [0.4, 0.5) is 0 Å². The summed E-state index contributed by atoms with van der Waals surface area (Å²) >= 11 is 1.70. The average molecular weight is 303 g/mol. The first kappa shape index (κ1) is 14.2. The summed E-state index contributed by atoms with van der Waals surface area (Å²) < 4.78 is 0. The lowest BCUT2D eigenvalue weighted by Crippen LogP contribution is -2.42. The standard InChI is InChI=1S/C15H17N3O2S/c1-9-2-3-12-10(4-9)5-11(14(19)18-12)6-16-15(20)13-7-21-8-17-13/h2-5,13,17H,6-8H2,1H3,(H,16,20)(H,18,19). The third kappa shape index (κ3) is 3.11. The van der Waals surface area contributed by atoms with E-state index in [2.05, 4.69) is 15.6 Å². The number of aromatic amines is 1. The summed E-state index contributed by atoms with van der Waals surface area (Å²) in [5.74, 6) is 1.52. The lowest BCUT2D eigenvalue weighted by molar-refractivity contribution is -0.122. The average Bonchev–Trinajstić information content (AvgIpc) is 2.99. The predicted octanol–water partition coefficient (Wildman–Crippen LogP) is 1.12. The van der Waals surface area contributed by atoms with Crippen LogP contribution in [-0.4, -0.2) is 28.6 Å². The van der Waals surface area contributed by atoms with E-state index in [9.17, 15) is 9.59 Å². The van der Waals surface area contributed by atoms with Gasteiger partial charge in [-0.05, 0) is 30.5 Å². The highest BCUT2D eigenvalue weighted by Gasteiger charge is 2.22. The van der Waals surface area contributed by atoms with Crippen LogP contribution in [0.2, 0.25) is 0 Å². The number of aromatic nitrogens is 1. The SMILES string of the molecule is Cc1ccc2[nH]c(=O)c(CNC(=O)C3CSCN3)cc2c1. The zero-order valence-electron chi connectivity index (χ0n) is 11.7. The lowest BCUT2D eigenvalue weighted by Gasteiger charge is -2.10. The van der Waals surface area contributed by atoms with Gasteiger partial charge in [-0.2, -0.15) is 0 Å². The van der Waals surface area contributed by atoms with Gasteiger partial charge in [0.05, 0.1) is 6.04 Å². The van der Waals surface area contributed by atoms with Crippen molar-refractivity contribution in [1.29, 1.82) is 0 Å². The van der Waals surface area contributed by atoms with Crippen LogP contribution >= 0.6 is 11.8 Å². The molecule has 0 bridgehead atoms. The quantitative estimate of drug-likeness (QED) is 0.794. The fraction of sp³-hybridized carbons (Fsp3) is 0.333. The number of nitrogens with one attached hydrogen (secondary N) is 3. The van der Waals surface area contributed by atoms with Crippen LogP contribution in [-0.2, 0) is 11.3 Å². The molecule has 0 spiro atoms. The lowest BCUT2D eigenvalue weighted by atomic mass is 10.1. The van der Waals surface area contributed by atoms with Crippen molar-refractivity contribution in [1.82, 2.24) is 15.6 Å². The Bertz CT molecular complexity index is 735. The van der Waals surface area contributed by atoms with Gasteiger partial charge in [0, 0.05) is 29.3 Å². The zero-order chi connectivity index (χ0) is 14.8. The second-order valence-electron chi connectivity index (χ2n) is 5.20. The number of thioether (sulfide) groups is 1. The van der Waals surface area contributed by atoms with E-state index in [1.54, 1.807) is 11.8 Å². The van der Waals surface area contributed by atoms with E-state index in [0.29, 0.717) is 5.56 Å². The Balaban J connectivity index is 1.78. The molecule has 2 heterocycles. The van der Waals surface area contributed by atoms with Crippen molar-refractivity contribution >= 4 is 28.6 Å². The number of carbonyl (C=O) groups is 1. The minimum Gasteiger partial charge on any atom is -0.350 e. The number of pyridine rings is 1. The fourth-order valence-electron chi connectivity index (χ4n) is 2.37. The largest absolute Gasteiger partial charge is 0.350 e. The van der Waals surface area contributed by atoms with E-state index < -0.39 is 0 Å². The van der Waals surface area contributed by atoms with Crippen molar-refractivity contribution < 1.29 is 4.79 Å². The van der Waals surface area contributed by atoms with E-state index in [0.717, 1.165) is 28.1 Å². The molecule has 5 nitrogen and oxygen atoms in total. The molecule has 3 N–H and O–H groups in total. The summed E-state index contributed by atoms with van der Waals surface area (Å²) in [7, 11) is 0. The smallest absolute Gasteiger partial charge is 0.253 e. The van der Waals surface area contributed by atoms with Gasteiger partial charge in [0.25, 0.3) is 5.56 Å². The Morgan fingerprint density at radius 3 is 3.05 bits per heavy atom. The van der Waals surface area contributed by atoms with Gasteiger partial charge in [-0.15, -0.1) is 11.8 Å². The molecule has 1 aromatic heterocycles. The van der Waals surface area contributed by atoms with Crippen LogP contribution in [0.3, 0.4) is 0 Å². The van der Waals surface area contributed by atoms with Gasteiger partial charge in [-0.3, -0.25) is 14.9 Å². The highest BCUT2D eigenvalue weighted by Crippen LogP contribution is 2.13. The van der Waals surface area contributed by atoms with E-state index in [1.807, 2.05) is 31.2 Å². The monoisotopic (exact) mass is 303 g/mol. The van der Waals surface area contributed by atoms with Crippen LogP contribution in [0.5, 0.6) is 0 Å². The molecular formula is C15H17N3O2S. The third-order valence-electron chi connectivity index (χ3n) is 3.56. The molecule has 0 aliphatic carbocycles. The number of hydrogen-bond acceptors (Lipinski definition) is 4. The molecule has 1 unspecified atom stereocenters. The summed E-state index contributed by atoms with van der Waals surface area (Å²) in [4.78, 5) is 26.8. The van der Waals surface area contributed by atoms with Crippen molar-refractivity contribution in [3.05, 3.63) is 45.7 Å². The molecule has 1 atom stereocenters. The maximum absolute atomic E-state index is 12.0. The van der Waals surface area contributed by atoms with Gasteiger partial charge in [-0.25, -0.2) is 0 Å². The Labute approximate surface area is 126 Å². The zero-order valence-corrected chi connectivity index (χ0v) is 12.5. The fourth-order valence-corrected chi connectivity index (χ4v) is 3.31. The molecule has 2 aromatic rings. The number of benzene rings is 1. The third-order valence-corrected chi connectivity index (χ3v) is 4.50. The molecule has 1 aliphatic heterocycles. The predicted molar refractivity (Wildman–Crippen MR) is 85.4 cm³/mol. The first-order valence-electron chi connectivity index (χ1n) is 6.85. The van der Waals surface area contributed by atoms with Gasteiger partial charge in [0.1, 0.15) is 0 Å². The highest BCUT2D eigenvalue weighted by molar-refractivity contribution is 7.99. The highest BCUT2D eigenvalue weighted by atomic mass is 32.2. The summed E-state index contributed by atoms with van der Waals surface area (Å²) in [6.07, 6.45) is 0. The molecule has 1 fully saturated rings. The molecule has 1 aliphatic rings. The summed E-state index contributed by atoms with van der Waals surface area (Å²) in [5, 5.41) is 6.92. The molecule has 1 amide bonds. The number of rotatable bonds is 3. The number of carbonyl (C=O) groups excluding carboxylic acids is 1. The Morgan fingerprint density at radius 2 is 2.29 bits per heavy atom. The number of H-pyrrole nitrogens is 1. The molecular weight excluding hydrogens is 286 g/mol. The van der Waals surface area contributed by atoms with E-state index in [4.69, 9.17) is 0 Å². The van der Waals surface area contributed by atoms with Gasteiger partial charge >= 0.3 is 0 Å². The second kappa shape index (κ2) is 5.91. The molecule has 1 aromatic carbocycles. The molecule has 0 radical (unpaired) electrons. The second-order valence-corrected chi connectivity index (χ2v) is 6.23. The Kier molecular flexibility index (Phi) is 3.98. The maximum Gasteiger partial charge on any atom is 0.253 e. The van der Waals surface area contributed by atoms with Gasteiger partial charge in [0.2, 0.25) is 5.91 Å². The van der Waals surface area contributed by atoms with Crippen molar-refractivity contribution in [3.8, 4) is 0 Å². The molecule has 0 saturated carbocycles. The molecule has 110 valence electrons. The van der Waals surface area contributed by atoms with Gasteiger partial charge in [0.15, 0.2) is 0 Å². The first-order valence-corrected chi connectivity index (χ1v) is 8.00.